The van der Waals surface area contributed by atoms with Crippen LogP contribution in [0.3, 0.4) is 0 Å². The Morgan fingerprint density at radius 1 is 1.07 bits per heavy atom. The maximum atomic E-state index is 11.8. The second-order valence-corrected chi connectivity index (χ2v) is 9.52. The summed E-state index contributed by atoms with van der Waals surface area (Å²) in [6, 6.07) is 11.7. The van der Waals surface area contributed by atoms with Crippen molar-refractivity contribution in [1.29, 1.82) is 0 Å². The van der Waals surface area contributed by atoms with E-state index in [0.29, 0.717) is 5.56 Å². The molecule has 0 amide bonds. The summed E-state index contributed by atoms with van der Waals surface area (Å²) in [7, 11) is 0. The van der Waals surface area contributed by atoms with E-state index >= 15 is 0 Å². The van der Waals surface area contributed by atoms with Crippen molar-refractivity contribution in [2.24, 2.45) is 5.41 Å². The van der Waals surface area contributed by atoms with Gasteiger partial charge < -0.3 is 10.2 Å². The van der Waals surface area contributed by atoms with Gasteiger partial charge in [0.2, 0.25) is 0 Å². The van der Waals surface area contributed by atoms with Gasteiger partial charge in [0.05, 0.1) is 0 Å². The molecule has 0 fully saturated rings. The Labute approximate surface area is 163 Å². The van der Waals surface area contributed by atoms with Gasteiger partial charge in [-0.05, 0) is 41.4 Å². The lowest BCUT2D eigenvalue weighted by atomic mass is 9.71. The predicted molar refractivity (Wildman–Crippen MR) is 111 cm³/mol. The van der Waals surface area contributed by atoms with Crippen LogP contribution in [0.2, 0.25) is 0 Å². The Bertz CT molecular complexity index is 841. The number of carboxylic acid groups (broad SMARTS) is 1. The average molecular weight is 369 g/mol. The monoisotopic (exact) mass is 368 g/mol. The molecule has 0 radical (unpaired) electrons. The van der Waals surface area contributed by atoms with E-state index in [4.69, 9.17) is 0 Å². The molecule has 0 saturated heterocycles. The minimum Gasteiger partial charge on any atom is -0.507 e. The lowest BCUT2D eigenvalue weighted by Crippen LogP contribution is -2.25. The highest BCUT2D eigenvalue weighted by atomic mass is 16.4. The summed E-state index contributed by atoms with van der Waals surface area (Å²) in [5, 5.41) is 20.4. The fraction of sp³-hybridized carbons (Fsp3) is 0.458. The van der Waals surface area contributed by atoms with Crippen LogP contribution in [0.1, 0.15) is 86.5 Å². The highest BCUT2D eigenvalue weighted by molar-refractivity contribution is 5.91. The number of phenols is 1. The molecule has 3 heteroatoms. The molecule has 146 valence electrons. The molecule has 0 bridgehead atoms. The summed E-state index contributed by atoms with van der Waals surface area (Å²) in [4.78, 5) is 11.8. The number of hydrogen-bond donors (Lipinski definition) is 2. The molecule has 0 saturated carbocycles. The molecular weight excluding hydrogens is 336 g/mol. The van der Waals surface area contributed by atoms with Gasteiger partial charge in [0.25, 0.3) is 0 Å². The summed E-state index contributed by atoms with van der Waals surface area (Å²) in [5.74, 6) is -1.33. The van der Waals surface area contributed by atoms with Gasteiger partial charge in [-0.1, -0.05) is 77.4 Å². The molecule has 1 unspecified atom stereocenters. The molecule has 3 nitrogen and oxygen atoms in total. The standard InChI is InChI=1S/C24H32O3/c1-15-9-8-10-17(11-15)16(2)19-12-18(13-20(21(19)25)22(26)27)24(6,7)14-23(3,4)5/h8-13,16,25H,14H2,1-7H3,(H,26,27). The minimum atomic E-state index is -1.10. The first kappa shape index (κ1) is 21.0. The fourth-order valence-electron chi connectivity index (χ4n) is 4.09. The van der Waals surface area contributed by atoms with Crippen molar-refractivity contribution in [3.63, 3.8) is 0 Å². The third-order valence-corrected chi connectivity index (χ3v) is 5.13. The van der Waals surface area contributed by atoms with Crippen LogP contribution in [0, 0.1) is 12.3 Å². The van der Waals surface area contributed by atoms with Crippen LogP contribution in [0.5, 0.6) is 5.75 Å². The van der Waals surface area contributed by atoms with Crippen LogP contribution in [0.15, 0.2) is 36.4 Å². The first-order valence-electron chi connectivity index (χ1n) is 9.49. The van der Waals surface area contributed by atoms with Crippen molar-refractivity contribution in [3.05, 3.63) is 64.2 Å². The van der Waals surface area contributed by atoms with Crippen LogP contribution in [-0.2, 0) is 5.41 Å². The average Bonchev–Trinajstić information content (AvgIpc) is 2.51. The molecule has 2 aromatic rings. The Balaban J connectivity index is 2.64. The molecule has 0 spiro atoms. The molecule has 2 N–H and O–H groups in total. The Morgan fingerprint density at radius 3 is 2.22 bits per heavy atom. The summed E-state index contributed by atoms with van der Waals surface area (Å²) in [5.41, 5.74) is 3.68. The number of aromatic carboxylic acids is 1. The van der Waals surface area contributed by atoms with E-state index in [1.807, 2.05) is 38.1 Å². The van der Waals surface area contributed by atoms with Gasteiger partial charge in [-0.25, -0.2) is 4.79 Å². The third-order valence-electron chi connectivity index (χ3n) is 5.13. The van der Waals surface area contributed by atoms with Crippen molar-refractivity contribution in [2.75, 3.05) is 0 Å². The number of hydrogen-bond acceptors (Lipinski definition) is 2. The molecule has 1 atom stereocenters. The maximum absolute atomic E-state index is 11.8. The second-order valence-electron chi connectivity index (χ2n) is 9.52. The molecule has 0 aliphatic heterocycles. The SMILES string of the molecule is Cc1cccc(C(C)c2cc(C(C)(C)CC(C)(C)C)cc(C(=O)O)c2O)c1. The molecule has 0 aromatic heterocycles. The molecule has 0 aliphatic carbocycles. The smallest absolute Gasteiger partial charge is 0.339 e. The number of carbonyl (C=O) groups is 1. The number of rotatable bonds is 5. The zero-order valence-electron chi connectivity index (χ0n) is 17.6. The molecule has 0 aliphatic rings. The van der Waals surface area contributed by atoms with Gasteiger partial charge in [-0.15, -0.1) is 0 Å². The van der Waals surface area contributed by atoms with Crippen molar-refractivity contribution in [1.82, 2.24) is 0 Å². The zero-order valence-corrected chi connectivity index (χ0v) is 17.6. The van der Waals surface area contributed by atoms with Gasteiger partial charge in [0.15, 0.2) is 0 Å². The van der Waals surface area contributed by atoms with Crippen molar-refractivity contribution >= 4 is 5.97 Å². The van der Waals surface area contributed by atoms with E-state index in [1.54, 1.807) is 6.07 Å². The predicted octanol–water partition coefficient (Wildman–Crippen LogP) is 6.26. The summed E-state index contributed by atoms with van der Waals surface area (Å²) in [6.07, 6.45) is 0.905. The van der Waals surface area contributed by atoms with Gasteiger partial charge >= 0.3 is 5.97 Å². The van der Waals surface area contributed by atoms with Gasteiger partial charge in [-0.2, -0.15) is 0 Å². The van der Waals surface area contributed by atoms with Gasteiger partial charge in [0, 0.05) is 11.5 Å². The first-order chi connectivity index (χ1) is 12.3. The van der Waals surface area contributed by atoms with Gasteiger partial charge in [0.1, 0.15) is 11.3 Å². The van der Waals surface area contributed by atoms with E-state index in [9.17, 15) is 15.0 Å². The van der Waals surface area contributed by atoms with E-state index in [2.05, 4.69) is 40.7 Å². The molecule has 2 rings (SSSR count). The van der Waals surface area contributed by atoms with Crippen LogP contribution in [0.25, 0.3) is 0 Å². The third kappa shape index (κ3) is 4.91. The highest BCUT2D eigenvalue weighted by Crippen LogP contribution is 2.41. The summed E-state index contributed by atoms with van der Waals surface area (Å²) in [6.45, 7) is 14.9. The zero-order chi connectivity index (χ0) is 20.6. The number of aromatic hydroxyl groups is 1. The second kappa shape index (κ2) is 7.38. The highest BCUT2D eigenvalue weighted by Gasteiger charge is 2.30. The largest absolute Gasteiger partial charge is 0.507 e. The quantitative estimate of drug-likeness (QED) is 0.654. The topological polar surface area (TPSA) is 57.5 Å². The molecule has 0 heterocycles. The lowest BCUT2D eigenvalue weighted by Gasteiger charge is -2.34. The van der Waals surface area contributed by atoms with E-state index in [1.165, 1.54) is 0 Å². The summed E-state index contributed by atoms with van der Waals surface area (Å²) < 4.78 is 0. The number of benzene rings is 2. The van der Waals surface area contributed by atoms with E-state index in [0.717, 1.165) is 23.1 Å². The Hall–Kier alpha value is -2.29. The molecular formula is C24H32O3. The Kier molecular flexibility index (Phi) is 5.74. The van der Waals surface area contributed by atoms with E-state index in [-0.39, 0.29) is 28.1 Å². The van der Waals surface area contributed by atoms with Gasteiger partial charge in [-0.3, -0.25) is 0 Å². The molecule has 2 aromatic carbocycles. The lowest BCUT2D eigenvalue weighted by molar-refractivity contribution is 0.0693. The van der Waals surface area contributed by atoms with Crippen LogP contribution in [0.4, 0.5) is 0 Å². The fourth-order valence-corrected chi connectivity index (χ4v) is 4.09. The maximum Gasteiger partial charge on any atom is 0.339 e. The summed E-state index contributed by atoms with van der Waals surface area (Å²) >= 11 is 0. The van der Waals surface area contributed by atoms with Crippen LogP contribution in [-0.4, -0.2) is 16.2 Å². The van der Waals surface area contributed by atoms with E-state index < -0.39 is 5.97 Å². The normalized spacial score (nSPS) is 13.4. The Morgan fingerprint density at radius 2 is 1.70 bits per heavy atom. The van der Waals surface area contributed by atoms with Crippen molar-refractivity contribution in [3.8, 4) is 5.75 Å². The van der Waals surface area contributed by atoms with Crippen molar-refractivity contribution < 1.29 is 15.0 Å². The number of carboxylic acids is 1. The minimum absolute atomic E-state index is 0.0241. The number of aryl methyl sites for hydroxylation is 1. The molecule has 27 heavy (non-hydrogen) atoms. The van der Waals surface area contributed by atoms with Crippen LogP contribution >= 0.6 is 0 Å². The van der Waals surface area contributed by atoms with Crippen LogP contribution < -0.4 is 0 Å². The first-order valence-corrected chi connectivity index (χ1v) is 9.49. The van der Waals surface area contributed by atoms with Crippen molar-refractivity contribution in [2.45, 2.75) is 66.2 Å².